The predicted octanol–water partition coefficient (Wildman–Crippen LogP) is 5.14. The number of hydrogen-bond acceptors (Lipinski definition) is 20. The highest BCUT2D eigenvalue weighted by molar-refractivity contribution is 6.62. The average molecular weight is 1040 g/mol. The number of alkyl halides is 4. The fourth-order valence-corrected chi connectivity index (χ4v) is 7.50. The van der Waals surface area contributed by atoms with Crippen LogP contribution in [0.2, 0.25) is 5.28 Å². The fourth-order valence-electron chi connectivity index (χ4n) is 7.35. The lowest BCUT2D eigenvalue weighted by molar-refractivity contribution is 0.00578. The van der Waals surface area contributed by atoms with Gasteiger partial charge in [0.15, 0.2) is 11.6 Å². The molecule has 9 rings (SSSR count). The largest absolute Gasteiger partial charge is 0.496 e. The molecule has 0 unspecified atom stereocenters. The highest BCUT2D eigenvalue weighted by Gasteiger charge is 2.52. The van der Waals surface area contributed by atoms with Crippen LogP contribution in [0.5, 0.6) is 0 Å². The third-order valence-electron chi connectivity index (χ3n) is 11.9. The second kappa shape index (κ2) is 26.0. The zero-order chi connectivity index (χ0) is 50.0. The molecule has 0 aliphatic carbocycles. The average Bonchev–Trinajstić information content (AvgIpc) is 3.59. The summed E-state index contributed by atoms with van der Waals surface area (Å²) < 4.78 is 87.2. The Hall–Kier alpha value is -5.38. The molecule has 0 saturated carbocycles. The first-order chi connectivity index (χ1) is 33.5. The summed E-state index contributed by atoms with van der Waals surface area (Å²) in [7, 11) is 2.70. The minimum atomic E-state index is -2.73. The Morgan fingerprint density at radius 1 is 0.625 bits per heavy atom. The van der Waals surface area contributed by atoms with E-state index in [-0.39, 0.29) is 59.8 Å². The lowest BCUT2D eigenvalue weighted by Gasteiger charge is -2.32. The van der Waals surface area contributed by atoms with E-state index in [4.69, 9.17) is 45.6 Å². The first-order valence-electron chi connectivity index (χ1n) is 22.8. The van der Waals surface area contributed by atoms with Crippen LogP contribution < -0.4 is 30.8 Å². The first kappa shape index (κ1) is 57.5. The van der Waals surface area contributed by atoms with Crippen molar-refractivity contribution in [3.05, 3.63) is 40.9 Å². The molecule has 9 heterocycles. The number of rotatable bonds is 10. The third-order valence-corrected chi connectivity index (χ3v) is 12.1. The molecule has 0 radical (unpaired) electrons. The van der Waals surface area contributed by atoms with Crippen molar-refractivity contribution in [1.82, 2.24) is 44.8 Å². The number of aliphatic imine (C=N–C) groups is 1. The number of anilines is 5. The quantitative estimate of drug-likeness (QED) is 0.0943. The molecule has 0 bridgehead atoms. The maximum absolute atomic E-state index is 13.6. The van der Waals surface area contributed by atoms with Gasteiger partial charge in [0.2, 0.25) is 29.1 Å². The van der Waals surface area contributed by atoms with Gasteiger partial charge in [-0.1, -0.05) is 14.9 Å². The molecule has 21 nitrogen and oxygen atoms in total. The standard InChI is InChI=1S/C17H21F2N7O2.C15H22BF2N3O2.C11H16ClN5O2.2CH4/c18-14(19)11-9-13(20)21-10-12(11)15-22-16(25-1-5-27-6-2-25)24-17(23-15)26-3-7-28-8-4-26;1-14(2)15(3,4)23-16(22-14)11-8-19-12(20-9-21(5)6)7-10(11)13(17)18;12-9-13-10(16-1-5-18-6-2-16)15-11(14-9)17-3-7-19-8-4-17;;/h9-10,14H,1-8H2,(H2,20,21);7-9,13H,1-6H3;1-8H2;2*1H4. The van der Waals surface area contributed by atoms with Crippen LogP contribution in [0.1, 0.15) is 66.5 Å². The highest BCUT2D eigenvalue weighted by atomic mass is 35.5. The molecule has 5 fully saturated rings. The topological polar surface area (TPSA) is 213 Å². The van der Waals surface area contributed by atoms with Crippen LogP contribution in [0.25, 0.3) is 11.4 Å². The van der Waals surface area contributed by atoms with Gasteiger partial charge in [-0.2, -0.15) is 29.9 Å². The third kappa shape index (κ3) is 14.9. The van der Waals surface area contributed by atoms with Gasteiger partial charge in [0.1, 0.15) is 5.82 Å². The van der Waals surface area contributed by atoms with Crippen LogP contribution in [0.15, 0.2) is 29.5 Å². The van der Waals surface area contributed by atoms with Crippen molar-refractivity contribution < 1.29 is 45.8 Å². The summed E-state index contributed by atoms with van der Waals surface area (Å²) in [5.74, 6) is 2.53. The lowest BCUT2D eigenvalue weighted by atomic mass is 9.77. The van der Waals surface area contributed by atoms with Gasteiger partial charge in [-0.05, 0) is 51.4 Å². The van der Waals surface area contributed by atoms with Crippen molar-refractivity contribution >= 4 is 65.9 Å². The van der Waals surface area contributed by atoms with Gasteiger partial charge >= 0.3 is 7.12 Å². The fraction of sp³-hybridized carbons (Fsp3) is 0.622. The Bertz CT molecular complexity index is 2290. The molecular weight excluding hydrogens is 969 g/mol. The number of nitrogens with two attached hydrogens (primary N) is 1. The van der Waals surface area contributed by atoms with Crippen molar-refractivity contribution in [2.45, 2.75) is 66.6 Å². The SMILES string of the molecule is C.C.CN(C)C=Nc1cc(C(F)F)c(B2OC(C)(C)C(C)(C)O2)cn1.Clc1nc(N2CCOCC2)nc(N2CCOCC2)n1.Nc1cc(C(F)F)c(-c2nc(N3CCOCC3)nc(N3CCOCC3)n2)cn1. The van der Waals surface area contributed by atoms with Gasteiger partial charge in [-0.15, -0.1) is 0 Å². The van der Waals surface area contributed by atoms with E-state index in [0.717, 1.165) is 32.2 Å². The Balaban J connectivity index is 0.000000201. The molecule has 72 heavy (non-hydrogen) atoms. The van der Waals surface area contributed by atoms with Crippen molar-refractivity contribution in [2.75, 3.05) is 145 Å². The smallest absolute Gasteiger partial charge is 0.399 e. The number of hydrogen-bond donors (Lipinski definition) is 1. The van der Waals surface area contributed by atoms with Crippen LogP contribution in [-0.4, -0.2) is 189 Å². The van der Waals surface area contributed by atoms with E-state index in [2.05, 4.69) is 54.7 Å². The zero-order valence-corrected chi connectivity index (χ0v) is 40.9. The number of halogens is 5. The maximum atomic E-state index is 13.6. The number of aromatic nitrogens is 8. The minimum Gasteiger partial charge on any atom is -0.399 e. The van der Waals surface area contributed by atoms with Gasteiger partial charge in [-0.3, -0.25) is 0 Å². The van der Waals surface area contributed by atoms with Crippen LogP contribution in [-0.2, 0) is 28.3 Å². The van der Waals surface area contributed by atoms with E-state index in [0.29, 0.717) is 103 Å². The van der Waals surface area contributed by atoms with Crippen LogP contribution >= 0.6 is 11.6 Å². The Morgan fingerprint density at radius 3 is 1.42 bits per heavy atom. The number of ether oxygens (including phenoxy) is 4. The molecule has 4 aromatic heterocycles. The van der Waals surface area contributed by atoms with Gasteiger partial charge in [0.25, 0.3) is 12.9 Å². The molecule has 0 atom stereocenters. The van der Waals surface area contributed by atoms with Crippen molar-refractivity contribution in [1.29, 1.82) is 0 Å². The molecule has 0 spiro atoms. The van der Waals surface area contributed by atoms with Crippen LogP contribution in [0.4, 0.5) is 53.0 Å². The van der Waals surface area contributed by atoms with Gasteiger partial charge in [-0.25, -0.2) is 32.5 Å². The predicted molar refractivity (Wildman–Crippen MR) is 270 cm³/mol. The summed E-state index contributed by atoms with van der Waals surface area (Å²) in [6, 6.07) is 2.43. The molecule has 27 heteroatoms. The summed E-state index contributed by atoms with van der Waals surface area (Å²) in [4.78, 5) is 48.3. The van der Waals surface area contributed by atoms with Crippen LogP contribution in [0, 0.1) is 0 Å². The molecule has 2 N–H and O–H groups in total. The van der Waals surface area contributed by atoms with E-state index in [1.807, 2.05) is 37.5 Å². The highest BCUT2D eigenvalue weighted by Crippen LogP contribution is 2.38. The van der Waals surface area contributed by atoms with E-state index < -0.39 is 31.2 Å². The molecule has 4 aromatic rings. The van der Waals surface area contributed by atoms with Crippen molar-refractivity contribution in [2.24, 2.45) is 4.99 Å². The molecule has 0 aromatic carbocycles. The molecule has 5 saturated heterocycles. The number of nitrogen functional groups attached to an aromatic ring is 1. The number of morpholine rings is 4. The second-order valence-electron chi connectivity index (χ2n) is 17.6. The summed E-state index contributed by atoms with van der Waals surface area (Å²) in [5, 5.41) is 0.234. The van der Waals surface area contributed by atoms with Crippen molar-refractivity contribution in [3.8, 4) is 11.4 Å². The summed E-state index contributed by atoms with van der Waals surface area (Å²) in [6.07, 6.45) is -1.24. The number of nitrogens with zero attached hydrogens (tertiary/aromatic N) is 14. The van der Waals surface area contributed by atoms with Gasteiger partial charge in [0, 0.05) is 101 Å². The van der Waals surface area contributed by atoms with E-state index in [9.17, 15) is 17.6 Å². The Kier molecular flexibility index (Phi) is 20.8. The second-order valence-corrected chi connectivity index (χ2v) is 18.0. The summed E-state index contributed by atoms with van der Waals surface area (Å²) >= 11 is 6.01. The van der Waals surface area contributed by atoms with Crippen molar-refractivity contribution in [3.63, 3.8) is 0 Å². The van der Waals surface area contributed by atoms with Crippen LogP contribution in [0.3, 0.4) is 0 Å². The Morgan fingerprint density at radius 2 is 1.03 bits per heavy atom. The molecule has 5 aliphatic heterocycles. The monoisotopic (exact) mass is 1040 g/mol. The van der Waals surface area contributed by atoms with E-state index >= 15 is 0 Å². The van der Waals surface area contributed by atoms with E-state index in [1.54, 1.807) is 19.0 Å². The molecule has 0 amide bonds. The van der Waals surface area contributed by atoms with Gasteiger partial charge in [0.05, 0.1) is 70.4 Å². The summed E-state index contributed by atoms with van der Waals surface area (Å²) in [5.41, 5.74) is 4.36. The van der Waals surface area contributed by atoms with E-state index in [1.165, 1.54) is 24.8 Å². The first-order valence-corrected chi connectivity index (χ1v) is 23.2. The summed E-state index contributed by atoms with van der Waals surface area (Å²) in [6.45, 7) is 18.1. The maximum Gasteiger partial charge on any atom is 0.496 e. The molecule has 5 aliphatic rings. The molecule has 396 valence electrons. The minimum absolute atomic E-state index is 0. The normalized spacial score (nSPS) is 18.8. The lowest BCUT2D eigenvalue weighted by Crippen LogP contribution is -2.41. The number of pyridine rings is 2. The zero-order valence-electron chi connectivity index (χ0n) is 40.1. The Labute approximate surface area is 424 Å². The molecular formula is C45H67BClF4N15O6. The van der Waals surface area contributed by atoms with Gasteiger partial charge < -0.3 is 58.5 Å².